The largest absolute Gasteiger partial charge is 0.325 e. The summed E-state index contributed by atoms with van der Waals surface area (Å²) < 4.78 is 13.0. The van der Waals surface area contributed by atoms with Crippen molar-refractivity contribution < 1.29 is 9.18 Å². The number of likely N-dealkylation sites (N-methyl/N-ethyl adjacent to an activating group) is 1. The summed E-state index contributed by atoms with van der Waals surface area (Å²) in [5.74, 6) is -0.395. The van der Waals surface area contributed by atoms with Crippen molar-refractivity contribution in [3.05, 3.63) is 64.4 Å². The van der Waals surface area contributed by atoms with Gasteiger partial charge in [0.2, 0.25) is 5.91 Å². The molecule has 2 aromatic carbocycles. The molecule has 128 valence electrons. The molecule has 0 aliphatic rings. The van der Waals surface area contributed by atoms with Gasteiger partial charge < -0.3 is 15.5 Å². The van der Waals surface area contributed by atoms with Gasteiger partial charge >= 0.3 is 0 Å². The van der Waals surface area contributed by atoms with Gasteiger partial charge in [-0.3, -0.25) is 4.79 Å². The number of anilines is 1. The van der Waals surface area contributed by atoms with E-state index in [4.69, 9.17) is 11.6 Å². The Morgan fingerprint density at radius 3 is 2.67 bits per heavy atom. The number of carbonyl (C=O) groups is 1. The Hall–Kier alpha value is -1.95. The van der Waals surface area contributed by atoms with Crippen LogP contribution in [0.25, 0.3) is 0 Å². The van der Waals surface area contributed by atoms with E-state index in [2.05, 4.69) is 10.6 Å². The molecule has 0 unspecified atom stereocenters. The maximum absolute atomic E-state index is 13.0. The molecule has 6 heteroatoms. The topological polar surface area (TPSA) is 44.4 Å². The van der Waals surface area contributed by atoms with Gasteiger partial charge in [0.1, 0.15) is 5.82 Å². The number of carbonyl (C=O) groups excluding carboxylic acids is 1. The molecule has 0 aliphatic heterocycles. The lowest BCUT2D eigenvalue weighted by atomic mass is 10.2. The predicted molar refractivity (Wildman–Crippen MR) is 95.6 cm³/mol. The molecule has 0 aromatic heterocycles. The number of hydrogen-bond donors (Lipinski definition) is 2. The van der Waals surface area contributed by atoms with Crippen LogP contribution in [0.1, 0.15) is 11.1 Å². The lowest BCUT2D eigenvalue weighted by Gasteiger charge is -2.11. The summed E-state index contributed by atoms with van der Waals surface area (Å²) in [6.07, 6.45) is 0. The highest BCUT2D eigenvalue weighted by Gasteiger charge is 2.05. The van der Waals surface area contributed by atoms with Crippen molar-refractivity contribution in [3.63, 3.8) is 0 Å². The first-order chi connectivity index (χ1) is 11.4. The third-order valence-electron chi connectivity index (χ3n) is 3.33. The number of amides is 1. The molecule has 1 amide bonds. The van der Waals surface area contributed by atoms with E-state index >= 15 is 0 Å². The minimum Gasteiger partial charge on any atom is -0.325 e. The zero-order valence-electron chi connectivity index (χ0n) is 13.8. The van der Waals surface area contributed by atoms with E-state index in [0.717, 1.165) is 16.8 Å². The Morgan fingerprint density at radius 2 is 1.96 bits per heavy atom. The van der Waals surface area contributed by atoms with Crippen LogP contribution in [0.4, 0.5) is 10.1 Å². The second-order valence-electron chi connectivity index (χ2n) is 5.83. The Bertz CT molecular complexity index is 706. The summed E-state index contributed by atoms with van der Waals surface area (Å²) in [6, 6.07) is 12.0. The average molecular weight is 350 g/mol. The van der Waals surface area contributed by atoms with Crippen LogP contribution in [-0.4, -0.2) is 31.4 Å². The highest BCUT2D eigenvalue weighted by atomic mass is 35.5. The fraction of sp³-hybridized carbons (Fsp3) is 0.278. The van der Waals surface area contributed by atoms with Crippen LogP contribution in [0.2, 0.25) is 5.02 Å². The number of nitrogens with zero attached hydrogens (tertiary/aromatic N) is 1. The Balaban J connectivity index is 1.89. The molecule has 0 heterocycles. The molecule has 2 aromatic rings. The van der Waals surface area contributed by atoms with Crippen LogP contribution in [0.15, 0.2) is 42.5 Å². The Morgan fingerprint density at radius 1 is 1.17 bits per heavy atom. The highest BCUT2D eigenvalue weighted by molar-refractivity contribution is 6.31. The lowest BCUT2D eigenvalue weighted by Crippen LogP contribution is -2.27. The molecule has 2 N–H and O–H groups in total. The summed E-state index contributed by atoms with van der Waals surface area (Å²) in [7, 11) is 3.70. The smallest absolute Gasteiger partial charge is 0.238 e. The Labute approximate surface area is 146 Å². The zero-order valence-corrected chi connectivity index (χ0v) is 14.5. The minimum atomic E-state index is -0.343. The molecule has 0 spiro atoms. The molecule has 0 saturated carbocycles. The summed E-state index contributed by atoms with van der Waals surface area (Å²) in [5, 5.41) is 6.54. The number of hydrogen-bond acceptors (Lipinski definition) is 3. The van der Waals surface area contributed by atoms with Gasteiger partial charge in [0.15, 0.2) is 0 Å². The molecule has 0 radical (unpaired) electrons. The second-order valence-corrected chi connectivity index (χ2v) is 6.23. The summed E-state index contributed by atoms with van der Waals surface area (Å²) in [4.78, 5) is 13.6. The van der Waals surface area contributed by atoms with Crippen molar-refractivity contribution in [3.8, 4) is 0 Å². The van der Waals surface area contributed by atoms with E-state index in [9.17, 15) is 9.18 Å². The van der Waals surface area contributed by atoms with Gasteiger partial charge in [-0.1, -0.05) is 29.8 Å². The van der Waals surface area contributed by atoms with Gasteiger partial charge in [-0.15, -0.1) is 0 Å². The molecule has 0 atom stereocenters. The van der Waals surface area contributed by atoms with Crippen molar-refractivity contribution in [2.45, 2.75) is 13.1 Å². The van der Waals surface area contributed by atoms with Crippen molar-refractivity contribution in [1.82, 2.24) is 10.2 Å². The van der Waals surface area contributed by atoms with Crippen LogP contribution < -0.4 is 10.6 Å². The van der Waals surface area contributed by atoms with Gasteiger partial charge in [-0.05, 0) is 49.5 Å². The maximum atomic E-state index is 13.0. The van der Waals surface area contributed by atoms with Crippen molar-refractivity contribution in [1.29, 1.82) is 0 Å². The molecule has 0 fully saturated rings. The molecular formula is C18H21ClFN3O. The fourth-order valence-electron chi connectivity index (χ4n) is 2.25. The molecule has 24 heavy (non-hydrogen) atoms. The van der Waals surface area contributed by atoms with E-state index in [-0.39, 0.29) is 11.7 Å². The van der Waals surface area contributed by atoms with Gasteiger partial charge in [0.05, 0.1) is 6.54 Å². The van der Waals surface area contributed by atoms with Crippen LogP contribution in [0.3, 0.4) is 0 Å². The van der Waals surface area contributed by atoms with E-state index in [0.29, 0.717) is 24.7 Å². The third-order valence-corrected chi connectivity index (χ3v) is 3.68. The molecule has 0 aliphatic carbocycles. The molecule has 0 bridgehead atoms. The quantitative estimate of drug-likeness (QED) is 0.806. The van der Waals surface area contributed by atoms with Gasteiger partial charge in [-0.2, -0.15) is 0 Å². The molecular weight excluding hydrogens is 329 g/mol. The normalized spacial score (nSPS) is 10.9. The molecule has 0 saturated heterocycles. The van der Waals surface area contributed by atoms with Crippen molar-refractivity contribution in [2.75, 3.05) is 26.0 Å². The van der Waals surface area contributed by atoms with E-state index in [1.165, 1.54) is 12.1 Å². The van der Waals surface area contributed by atoms with Gasteiger partial charge in [0, 0.05) is 23.8 Å². The third kappa shape index (κ3) is 5.92. The van der Waals surface area contributed by atoms with E-state index in [1.807, 2.05) is 43.3 Å². The van der Waals surface area contributed by atoms with E-state index < -0.39 is 0 Å². The molecule has 2 rings (SSSR count). The monoisotopic (exact) mass is 349 g/mol. The van der Waals surface area contributed by atoms with Crippen molar-refractivity contribution in [2.24, 2.45) is 0 Å². The first kappa shape index (κ1) is 18.4. The summed E-state index contributed by atoms with van der Waals surface area (Å²) in [5.41, 5.74) is 2.64. The van der Waals surface area contributed by atoms with Crippen LogP contribution in [-0.2, 0) is 17.9 Å². The summed E-state index contributed by atoms with van der Waals surface area (Å²) in [6.45, 7) is 1.49. The number of halogens is 2. The van der Waals surface area contributed by atoms with Crippen LogP contribution in [0, 0.1) is 5.82 Å². The van der Waals surface area contributed by atoms with Crippen molar-refractivity contribution >= 4 is 23.2 Å². The van der Waals surface area contributed by atoms with Crippen LogP contribution in [0.5, 0.6) is 0 Å². The van der Waals surface area contributed by atoms with Gasteiger partial charge in [-0.25, -0.2) is 4.39 Å². The number of benzene rings is 2. The van der Waals surface area contributed by atoms with E-state index in [1.54, 1.807) is 6.07 Å². The lowest BCUT2D eigenvalue weighted by molar-refractivity contribution is -0.116. The first-order valence-electron chi connectivity index (χ1n) is 7.62. The highest BCUT2D eigenvalue weighted by Crippen LogP contribution is 2.17. The standard InChI is InChI=1S/C18H21ClFN3O/c1-23(2)12-18(24)22-16-5-3-4-13(8-16)10-21-11-14-6-7-15(20)9-17(14)19/h3-9,21H,10-12H2,1-2H3,(H,22,24). The average Bonchev–Trinajstić information content (AvgIpc) is 2.49. The fourth-order valence-corrected chi connectivity index (χ4v) is 2.49. The SMILES string of the molecule is CN(C)CC(=O)Nc1cccc(CNCc2ccc(F)cc2Cl)c1. The minimum absolute atomic E-state index is 0.0526. The zero-order chi connectivity index (χ0) is 17.5. The Kier molecular flexibility index (Phi) is 6.73. The molecule has 4 nitrogen and oxygen atoms in total. The number of rotatable bonds is 7. The number of nitrogens with one attached hydrogen (secondary N) is 2. The van der Waals surface area contributed by atoms with Crippen LogP contribution >= 0.6 is 11.6 Å². The maximum Gasteiger partial charge on any atom is 0.238 e. The predicted octanol–water partition coefficient (Wildman–Crippen LogP) is 3.27. The second kappa shape index (κ2) is 8.78. The first-order valence-corrected chi connectivity index (χ1v) is 8.00. The summed E-state index contributed by atoms with van der Waals surface area (Å²) >= 11 is 6.00. The van der Waals surface area contributed by atoms with Gasteiger partial charge in [0.25, 0.3) is 0 Å².